The maximum absolute atomic E-state index is 13.1. The number of thiophene rings is 1. The molecule has 4 heterocycles. The zero-order chi connectivity index (χ0) is 21.7. The third-order valence-electron chi connectivity index (χ3n) is 5.95. The number of hydrogen-bond donors (Lipinski definition) is 0. The molecule has 0 saturated carbocycles. The molecule has 0 unspecified atom stereocenters. The molecule has 0 saturated heterocycles. The van der Waals surface area contributed by atoms with E-state index in [0.717, 1.165) is 42.0 Å². The van der Waals surface area contributed by atoms with Crippen LogP contribution in [-0.2, 0) is 13.0 Å². The molecule has 3 aromatic rings. The number of allylic oxidation sites excluding steroid dienone is 1. The fraction of sp³-hybridized carbons (Fsp3) is 0.240. The maximum atomic E-state index is 13.1. The molecule has 2 aromatic carbocycles. The summed E-state index contributed by atoms with van der Waals surface area (Å²) in [5.74, 6) is 2.99. The molecule has 3 aliphatic heterocycles. The van der Waals surface area contributed by atoms with E-state index in [0.29, 0.717) is 35.3 Å². The fourth-order valence-electron chi connectivity index (χ4n) is 4.32. The van der Waals surface area contributed by atoms with E-state index in [9.17, 15) is 4.79 Å². The van der Waals surface area contributed by atoms with Crippen LogP contribution in [0.25, 0.3) is 6.08 Å². The Morgan fingerprint density at radius 1 is 1.09 bits per heavy atom. The van der Waals surface area contributed by atoms with Gasteiger partial charge in [-0.2, -0.15) is 0 Å². The monoisotopic (exact) mass is 447 g/mol. The normalized spacial score (nSPS) is 17.8. The van der Waals surface area contributed by atoms with Gasteiger partial charge >= 0.3 is 0 Å². The van der Waals surface area contributed by atoms with Crippen molar-refractivity contribution in [3.05, 3.63) is 74.7 Å². The minimum atomic E-state index is -0.112. The standard InChI is InChI=1S/C25H21NO5S/c1-15-24-17(12-26(13-28-24)7-6-18-3-2-8-32-18)11-19-23(27)22(31-25(15)19)10-16-4-5-20-21(9-16)30-14-29-20/h2-5,8-11H,6-7,12-14H2,1H3/b22-10-. The van der Waals surface area contributed by atoms with E-state index in [2.05, 4.69) is 22.4 Å². The molecule has 0 atom stereocenters. The van der Waals surface area contributed by atoms with Gasteiger partial charge in [0.1, 0.15) is 18.2 Å². The van der Waals surface area contributed by atoms with Crippen molar-refractivity contribution in [3.63, 3.8) is 0 Å². The zero-order valence-corrected chi connectivity index (χ0v) is 18.4. The highest BCUT2D eigenvalue weighted by Gasteiger charge is 2.33. The first-order valence-electron chi connectivity index (χ1n) is 10.5. The molecule has 0 fully saturated rings. The van der Waals surface area contributed by atoms with E-state index < -0.39 is 0 Å². The Balaban J connectivity index is 1.25. The maximum Gasteiger partial charge on any atom is 0.231 e. The predicted octanol–water partition coefficient (Wildman–Crippen LogP) is 4.80. The molecule has 3 aliphatic rings. The second kappa shape index (κ2) is 7.69. The van der Waals surface area contributed by atoms with Gasteiger partial charge in [-0.25, -0.2) is 0 Å². The number of fused-ring (bicyclic) bond motifs is 3. The van der Waals surface area contributed by atoms with Crippen molar-refractivity contribution >= 4 is 23.2 Å². The summed E-state index contributed by atoms with van der Waals surface area (Å²) in [6.45, 7) is 4.37. The summed E-state index contributed by atoms with van der Waals surface area (Å²) in [6.07, 6.45) is 2.74. The highest BCUT2D eigenvalue weighted by molar-refractivity contribution is 7.09. The lowest BCUT2D eigenvalue weighted by Crippen LogP contribution is -2.34. The number of hydrogen-bond acceptors (Lipinski definition) is 7. The van der Waals surface area contributed by atoms with Gasteiger partial charge < -0.3 is 18.9 Å². The topological polar surface area (TPSA) is 57.2 Å². The summed E-state index contributed by atoms with van der Waals surface area (Å²) >= 11 is 1.77. The number of Topliss-reactive ketones (excluding diaryl/α,β-unsaturated/α-hetero) is 1. The zero-order valence-electron chi connectivity index (χ0n) is 17.6. The van der Waals surface area contributed by atoms with Crippen molar-refractivity contribution in [2.24, 2.45) is 0 Å². The van der Waals surface area contributed by atoms with Crippen LogP contribution >= 0.6 is 11.3 Å². The van der Waals surface area contributed by atoms with Gasteiger partial charge in [0, 0.05) is 29.1 Å². The second-order valence-electron chi connectivity index (χ2n) is 8.07. The van der Waals surface area contributed by atoms with Crippen LogP contribution in [0.3, 0.4) is 0 Å². The molecule has 6 nitrogen and oxygen atoms in total. The number of rotatable bonds is 4. The molecule has 6 rings (SSSR count). The van der Waals surface area contributed by atoms with E-state index in [1.165, 1.54) is 4.88 Å². The van der Waals surface area contributed by atoms with Gasteiger partial charge in [-0.1, -0.05) is 12.1 Å². The van der Waals surface area contributed by atoms with Gasteiger partial charge in [0.2, 0.25) is 12.6 Å². The summed E-state index contributed by atoms with van der Waals surface area (Å²) in [5.41, 5.74) is 3.32. The van der Waals surface area contributed by atoms with Crippen LogP contribution in [0.15, 0.2) is 47.5 Å². The summed E-state index contributed by atoms with van der Waals surface area (Å²) in [4.78, 5) is 16.8. The molecule has 0 amide bonds. The lowest BCUT2D eigenvalue weighted by Gasteiger charge is -2.30. The number of benzene rings is 2. The molecule has 7 heteroatoms. The first-order chi connectivity index (χ1) is 15.7. The summed E-state index contributed by atoms with van der Waals surface area (Å²) in [6, 6.07) is 11.7. The van der Waals surface area contributed by atoms with Crippen LogP contribution in [-0.4, -0.2) is 30.8 Å². The Labute approximate surface area is 189 Å². The molecular weight excluding hydrogens is 426 g/mol. The predicted molar refractivity (Wildman–Crippen MR) is 121 cm³/mol. The molecule has 1 aromatic heterocycles. The summed E-state index contributed by atoms with van der Waals surface area (Å²) in [7, 11) is 0. The van der Waals surface area contributed by atoms with Crippen LogP contribution in [0.4, 0.5) is 0 Å². The highest BCUT2D eigenvalue weighted by Crippen LogP contribution is 2.43. The van der Waals surface area contributed by atoms with Crippen LogP contribution in [0, 0.1) is 6.92 Å². The van der Waals surface area contributed by atoms with Crippen LogP contribution < -0.4 is 18.9 Å². The average molecular weight is 448 g/mol. The Kier molecular flexibility index (Phi) is 4.66. The number of carbonyl (C=O) groups excluding carboxylic acids is 1. The Hall–Kier alpha value is -3.29. The molecule has 0 radical (unpaired) electrons. The van der Waals surface area contributed by atoms with Gasteiger partial charge in [-0.15, -0.1) is 11.3 Å². The quantitative estimate of drug-likeness (QED) is 0.536. The number of carbonyl (C=O) groups is 1. The largest absolute Gasteiger partial charge is 0.477 e. The minimum absolute atomic E-state index is 0.112. The Morgan fingerprint density at radius 2 is 2.00 bits per heavy atom. The van der Waals surface area contributed by atoms with Crippen LogP contribution in [0.1, 0.15) is 31.9 Å². The SMILES string of the molecule is Cc1c2c(cc3c1O/C(=C\c1ccc4c(c1)OCO4)C3=O)CN(CCc1cccs1)CO2. The van der Waals surface area contributed by atoms with Crippen molar-refractivity contribution in [2.45, 2.75) is 19.9 Å². The van der Waals surface area contributed by atoms with E-state index in [-0.39, 0.29) is 12.6 Å². The number of nitrogens with zero attached hydrogens (tertiary/aromatic N) is 1. The third-order valence-corrected chi connectivity index (χ3v) is 6.89. The van der Waals surface area contributed by atoms with Crippen molar-refractivity contribution in [3.8, 4) is 23.0 Å². The molecule has 0 N–H and O–H groups in total. The van der Waals surface area contributed by atoms with Crippen LogP contribution in [0.5, 0.6) is 23.0 Å². The van der Waals surface area contributed by atoms with Gasteiger partial charge in [-0.3, -0.25) is 9.69 Å². The molecular formula is C25H21NO5S. The van der Waals surface area contributed by atoms with Crippen molar-refractivity contribution in [1.82, 2.24) is 4.90 Å². The number of ketones is 1. The van der Waals surface area contributed by atoms with E-state index in [1.54, 1.807) is 17.4 Å². The summed E-state index contributed by atoms with van der Waals surface area (Å²) in [5, 5.41) is 2.10. The summed E-state index contributed by atoms with van der Waals surface area (Å²) < 4.78 is 22.9. The minimum Gasteiger partial charge on any atom is -0.477 e. The lowest BCUT2D eigenvalue weighted by molar-refractivity contribution is 0.0956. The second-order valence-corrected chi connectivity index (χ2v) is 9.11. The Morgan fingerprint density at radius 3 is 2.88 bits per heavy atom. The smallest absolute Gasteiger partial charge is 0.231 e. The van der Waals surface area contributed by atoms with Gasteiger partial charge in [0.25, 0.3) is 0 Å². The average Bonchev–Trinajstić information content (AvgIpc) is 3.54. The Bertz CT molecular complexity index is 1250. The molecule has 0 aliphatic carbocycles. The van der Waals surface area contributed by atoms with Crippen molar-refractivity contribution in [1.29, 1.82) is 0 Å². The van der Waals surface area contributed by atoms with E-state index >= 15 is 0 Å². The molecule has 32 heavy (non-hydrogen) atoms. The fourth-order valence-corrected chi connectivity index (χ4v) is 5.02. The third kappa shape index (κ3) is 3.34. The van der Waals surface area contributed by atoms with Crippen LogP contribution in [0.2, 0.25) is 0 Å². The first kappa shape index (κ1) is 19.4. The van der Waals surface area contributed by atoms with E-state index in [1.807, 2.05) is 31.2 Å². The molecule has 0 spiro atoms. The van der Waals surface area contributed by atoms with Gasteiger partial charge in [0.15, 0.2) is 17.3 Å². The number of ether oxygens (including phenoxy) is 4. The van der Waals surface area contributed by atoms with Crippen molar-refractivity contribution in [2.75, 3.05) is 20.1 Å². The lowest BCUT2D eigenvalue weighted by atomic mass is 10.00. The van der Waals surface area contributed by atoms with Crippen molar-refractivity contribution < 1.29 is 23.7 Å². The van der Waals surface area contributed by atoms with Gasteiger partial charge in [0.05, 0.1) is 5.56 Å². The highest BCUT2D eigenvalue weighted by atomic mass is 32.1. The van der Waals surface area contributed by atoms with Gasteiger partial charge in [-0.05, 0) is 54.6 Å². The molecule has 0 bridgehead atoms. The van der Waals surface area contributed by atoms with E-state index in [4.69, 9.17) is 18.9 Å². The first-order valence-corrected chi connectivity index (χ1v) is 11.4. The molecule has 162 valence electrons.